The minimum absolute atomic E-state index is 0.0307. The highest BCUT2D eigenvalue weighted by molar-refractivity contribution is 5.74. The van der Waals surface area contributed by atoms with E-state index in [4.69, 9.17) is 9.47 Å². The van der Waals surface area contributed by atoms with Crippen LogP contribution in [0.5, 0.6) is 0 Å². The number of hydrogen-bond acceptors (Lipinski definition) is 6. The molecule has 0 bridgehead atoms. The van der Waals surface area contributed by atoms with E-state index in [1.54, 1.807) is 0 Å². The van der Waals surface area contributed by atoms with Gasteiger partial charge in [0.2, 0.25) is 6.08 Å². The lowest BCUT2D eigenvalue weighted by atomic mass is 9.42. The van der Waals surface area contributed by atoms with E-state index < -0.39 is 5.54 Å². The number of carbonyl (C=O) groups is 2. The minimum Gasteiger partial charge on any atom is -0.469 e. The summed E-state index contributed by atoms with van der Waals surface area (Å²) in [6.07, 6.45) is 10.3. The van der Waals surface area contributed by atoms with Gasteiger partial charge in [0, 0.05) is 12.3 Å². The average Bonchev–Trinajstić information content (AvgIpc) is 3.00. The molecule has 4 aliphatic carbocycles. The smallest absolute Gasteiger partial charge is 0.309 e. The molecule has 4 aliphatic rings. The van der Waals surface area contributed by atoms with Crippen LogP contribution < -0.4 is 0 Å². The molecule has 6 nitrogen and oxygen atoms in total. The summed E-state index contributed by atoms with van der Waals surface area (Å²) >= 11 is 0. The second kappa shape index (κ2) is 7.47. The van der Waals surface area contributed by atoms with Crippen LogP contribution in [0.2, 0.25) is 0 Å². The molecule has 0 heterocycles. The van der Waals surface area contributed by atoms with Crippen molar-refractivity contribution in [3.63, 3.8) is 0 Å². The Morgan fingerprint density at radius 2 is 1.77 bits per heavy atom. The maximum Gasteiger partial charge on any atom is 0.309 e. The van der Waals surface area contributed by atoms with Gasteiger partial charge in [0.15, 0.2) is 0 Å². The van der Waals surface area contributed by atoms with Crippen molar-refractivity contribution in [1.29, 1.82) is 0 Å². The first kappa shape index (κ1) is 21.5. The lowest BCUT2D eigenvalue weighted by molar-refractivity contribution is -0.167. The van der Waals surface area contributed by atoms with Crippen LogP contribution in [0.3, 0.4) is 0 Å². The number of hydrogen-bond donors (Lipinski definition) is 0. The highest BCUT2D eigenvalue weighted by Crippen LogP contribution is 2.70. The Morgan fingerprint density at radius 1 is 1.00 bits per heavy atom. The quantitative estimate of drug-likeness (QED) is 0.390. The standard InChI is InChI=1S/C24H35NO5/c1-15(27)30-17-7-10-22(2)16(13-17)5-6-19-18(22)8-11-23(3)20(21(28)29-4)9-12-24(19,23)25-14-26/h16-20H,5-13H2,1-4H3/t16-,17+,18+,19-,20-,22+,23-,24+/m1/s1. The molecule has 0 aromatic heterocycles. The molecule has 0 aromatic carbocycles. The summed E-state index contributed by atoms with van der Waals surface area (Å²) in [7, 11) is 1.45. The van der Waals surface area contributed by atoms with Crippen molar-refractivity contribution in [3.05, 3.63) is 0 Å². The van der Waals surface area contributed by atoms with Gasteiger partial charge in [0.1, 0.15) is 6.10 Å². The van der Waals surface area contributed by atoms with E-state index in [1.807, 2.05) is 6.08 Å². The first-order chi connectivity index (χ1) is 14.2. The van der Waals surface area contributed by atoms with Crippen molar-refractivity contribution in [2.24, 2.45) is 39.5 Å². The van der Waals surface area contributed by atoms with Crippen molar-refractivity contribution in [2.45, 2.75) is 90.2 Å². The number of fused-ring (bicyclic) bond motifs is 5. The predicted molar refractivity (Wildman–Crippen MR) is 110 cm³/mol. The fourth-order valence-electron chi connectivity index (χ4n) is 8.40. The third-order valence-corrected chi connectivity index (χ3v) is 9.87. The molecule has 4 saturated carbocycles. The van der Waals surface area contributed by atoms with E-state index in [9.17, 15) is 14.4 Å². The fourth-order valence-corrected chi connectivity index (χ4v) is 8.40. The maximum atomic E-state index is 12.6. The number of esters is 2. The van der Waals surface area contributed by atoms with Gasteiger partial charge < -0.3 is 9.47 Å². The predicted octanol–water partition coefficient (Wildman–Crippen LogP) is 4.21. The van der Waals surface area contributed by atoms with Gasteiger partial charge in [-0.05, 0) is 81.0 Å². The molecule has 0 spiro atoms. The van der Waals surface area contributed by atoms with Gasteiger partial charge in [0.05, 0.1) is 18.6 Å². The monoisotopic (exact) mass is 417 g/mol. The number of methoxy groups -OCH3 is 1. The van der Waals surface area contributed by atoms with Gasteiger partial charge in [-0.25, -0.2) is 4.79 Å². The molecular formula is C24H35NO5. The van der Waals surface area contributed by atoms with Crippen molar-refractivity contribution in [1.82, 2.24) is 0 Å². The molecular weight excluding hydrogens is 382 g/mol. The first-order valence-corrected chi connectivity index (χ1v) is 11.6. The lowest BCUT2D eigenvalue weighted by Gasteiger charge is -2.63. The summed E-state index contributed by atoms with van der Waals surface area (Å²) in [5, 5.41) is 0. The van der Waals surface area contributed by atoms with Crippen molar-refractivity contribution >= 4 is 18.0 Å². The Hall–Kier alpha value is -1.68. The van der Waals surface area contributed by atoms with Crippen molar-refractivity contribution in [3.8, 4) is 0 Å². The van der Waals surface area contributed by atoms with E-state index in [2.05, 4.69) is 18.8 Å². The molecule has 30 heavy (non-hydrogen) atoms. The number of nitrogens with zero attached hydrogens (tertiary/aromatic N) is 1. The average molecular weight is 418 g/mol. The molecule has 0 N–H and O–H groups in total. The van der Waals surface area contributed by atoms with Crippen LogP contribution in [0.25, 0.3) is 0 Å². The molecule has 8 atom stereocenters. The Kier molecular flexibility index (Phi) is 5.37. The fraction of sp³-hybridized carbons (Fsp3) is 0.875. The van der Waals surface area contributed by atoms with Crippen LogP contribution in [-0.4, -0.2) is 36.8 Å². The van der Waals surface area contributed by atoms with Crippen LogP contribution >= 0.6 is 0 Å². The van der Waals surface area contributed by atoms with Gasteiger partial charge in [0.25, 0.3) is 0 Å². The highest BCUT2D eigenvalue weighted by Gasteiger charge is 2.69. The van der Waals surface area contributed by atoms with E-state index in [1.165, 1.54) is 14.0 Å². The number of aliphatic imine (C=N–C) groups is 1. The third kappa shape index (κ3) is 2.90. The van der Waals surface area contributed by atoms with Crippen molar-refractivity contribution < 1.29 is 23.9 Å². The highest BCUT2D eigenvalue weighted by atomic mass is 16.5. The molecule has 6 heteroatoms. The van der Waals surface area contributed by atoms with E-state index in [-0.39, 0.29) is 34.8 Å². The van der Waals surface area contributed by atoms with Crippen LogP contribution in [0.1, 0.15) is 78.6 Å². The van der Waals surface area contributed by atoms with E-state index >= 15 is 0 Å². The Labute approximate surface area is 179 Å². The summed E-state index contributed by atoms with van der Waals surface area (Å²) in [6.45, 7) is 6.06. The number of carbonyl (C=O) groups excluding carboxylic acids is 3. The number of rotatable bonds is 3. The van der Waals surface area contributed by atoms with Crippen molar-refractivity contribution in [2.75, 3.05) is 7.11 Å². The van der Waals surface area contributed by atoms with Crippen LogP contribution in [-0.2, 0) is 23.9 Å². The summed E-state index contributed by atoms with van der Waals surface area (Å²) in [5.41, 5.74) is -0.705. The summed E-state index contributed by atoms with van der Waals surface area (Å²) < 4.78 is 10.7. The largest absolute Gasteiger partial charge is 0.469 e. The zero-order valence-electron chi connectivity index (χ0n) is 18.7. The van der Waals surface area contributed by atoms with Gasteiger partial charge in [-0.15, -0.1) is 0 Å². The first-order valence-electron chi connectivity index (χ1n) is 11.6. The minimum atomic E-state index is -0.517. The molecule has 0 aromatic rings. The lowest BCUT2D eigenvalue weighted by Crippen LogP contribution is -2.62. The Morgan fingerprint density at radius 3 is 2.43 bits per heavy atom. The Bertz CT molecular complexity index is 776. The van der Waals surface area contributed by atoms with Gasteiger partial charge in [-0.3, -0.25) is 9.59 Å². The van der Waals surface area contributed by atoms with Crippen LogP contribution in [0, 0.1) is 34.5 Å². The molecule has 4 fully saturated rings. The SMILES string of the molecule is COC(=O)[C@H]1CC[C@]2(N=C=O)[C@@H]3CC[C@@H]4C[C@@H](OC(C)=O)CC[C@]4(C)[C@H]3CC[C@]12C. The molecule has 0 saturated heterocycles. The summed E-state index contributed by atoms with van der Waals surface area (Å²) in [5.74, 6) is 0.725. The van der Waals surface area contributed by atoms with Gasteiger partial charge in [-0.2, -0.15) is 4.99 Å². The van der Waals surface area contributed by atoms with Gasteiger partial charge in [-0.1, -0.05) is 13.8 Å². The van der Waals surface area contributed by atoms with Gasteiger partial charge >= 0.3 is 11.9 Å². The topological polar surface area (TPSA) is 82.0 Å². The molecule has 0 aliphatic heterocycles. The van der Waals surface area contributed by atoms with Crippen LogP contribution in [0.4, 0.5) is 0 Å². The second-order valence-electron chi connectivity index (χ2n) is 10.7. The number of isocyanates is 1. The number of ether oxygens (including phenoxy) is 2. The molecule has 0 radical (unpaired) electrons. The third-order valence-electron chi connectivity index (χ3n) is 9.87. The Balaban J connectivity index is 1.66. The van der Waals surface area contributed by atoms with E-state index in [0.717, 1.165) is 57.8 Å². The van der Waals surface area contributed by atoms with Crippen LogP contribution in [0.15, 0.2) is 4.99 Å². The zero-order chi connectivity index (χ0) is 21.7. The molecule has 0 unspecified atom stereocenters. The van der Waals surface area contributed by atoms with E-state index in [0.29, 0.717) is 17.8 Å². The normalized spacial score (nSPS) is 47.1. The maximum absolute atomic E-state index is 12.6. The zero-order valence-corrected chi connectivity index (χ0v) is 18.7. The summed E-state index contributed by atoms with van der Waals surface area (Å²) in [4.78, 5) is 40.2. The molecule has 0 amide bonds. The second-order valence-corrected chi connectivity index (χ2v) is 10.7. The summed E-state index contributed by atoms with van der Waals surface area (Å²) in [6, 6.07) is 0. The molecule has 4 rings (SSSR count). The molecule has 166 valence electrons.